The molecule has 2 saturated carbocycles. The number of carbonyl (C=O) groups is 2. The van der Waals surface area contributed by atoms with Gasteiger partial charge in [0, 0.05) is 22.9 Å². The third-order valence-corrected chi connectivity index (χ3v) is 7.92. The van der Waals surface area contributed by atoms with Gasteiger partial charge in [0.1, 0.15) is 5.82 Å². The van der Waals surface area contributed by atoms with Gasteiger partial charge in [0.2, 0.25) is 5.91 Å². The largest absolute Gasteiger partial charge is 0.515 e. The number of allylic oxidation sites excluding steroid dienone is 1. The Labute approximate surface area is 184 Å². The third-order valence-electron chi connectivity index (χ3n) is 7.92. The predicted molar refractivity (Wildman–Crippen MR) is 118 cm³/mol. The number of ketones is 1. The number of hydrogen-bond acceptors (Lipinski definition) is 3. The smallest absolute Gasteiger partial charge is 0.220 e. The molecule has 1 aromatic rings. The highest BCUT2D eigenvalue weighted by atomic mass is 19.1. The minimum Gasteiger partial charge on any atom is -0.515 e. The lowest BCUT2D eigenvalue weighted by Crippen LogP contribution is -2.44. The summed E-state index contributed by atoms with van der Waals surface area (Å²) in [7, 11) is 0. The van der Waals surface area contributed by atoms with Crippen LogP contribution in [-0.4, -0.2) is 22.3 Å². The van der Waals surface area contributed by atoms with Crippen LogP contribution in [-0.2, 0) is 16.0 Å². The molecule has 3 aliphatic carbocycles. The van der Waals surface area contributed by atoms with Gasteiger partial charge in [-0.25, -0.2) is 4.39 Å². The summed E-state index contributed by atoms with van der Waals surface area (Å²) >= 11 is 0. The van der Waals surface area contributed by atoms with Crippen LogP contribution >= 0.6 is 0 Å². The predicted octanol–water partition coefficient (Wildman–Crippen LogP) is 5.22. The zero-order valence-electron chi connectivity index (χ0n) is 19.0. The lowest BCUT2D eigenvalue weighted by Gasteiger charge is -2.49. The van der Waals surface area contributed by atoms with Crippen molar-refractivity contribution in [3.05, 3.63) is 47.0 Å². The van der Waals surface area contributed by atoms with Crippen molar-refractivity contribution < 1.29 is 19.1 Å². The minimum atomic E-state index is -0.522. The molecule has 0 heterocycles. The Morgan fingerprint density at radius 3 is 2.74 bits per heavy atom. The van der Waals surface area contributed by atoms with Gasteiger partial charge in [0.25, 0.3) is 0 Å². The minimum absolute atomic E-state index is 0.0321. The number of rotatable bonds is 3. The fourth-order valence-electron chi connectivity index (χ4n) is 6.78. The summed E-state index contributed by atoms with van der Waals surface area (Å²) in [5.74, 6) is 0.281. The number of carbonyl (C=O) groups excluding carboxylic acids is 2. The first-order valence-corrected chi connectivity index (χ1v) is 11.5. The van der Waals surface area contributed by atoms with Crippen molar-refractivity contribution in [1.82, 2.24) is 5.32 Å². The number of aliphatic hydroxyl groups excluding tert-OH is 1. The topological polar surface area (TPSA) is 66.4 Å². The average Bonchev–Trinajstić information content (AvgIpc) is 2.91. The van der Waals surface area contributed by atoms with Crippen molar-refractivity contribution in [2.75, 3.05) is 0 Å². The molecule has 4 nitrogen and oxygen atoms in total. The van der Waals surface area contributed by atoms with Crippen LogP contribution in [0.25, 0.3) is 0 Å². The van der Waals surface area contributed by atoms with Gasteiger partial charge in [-0.3, -0.25) is 9.59 Å². The third kappa shape index (κ3) is 3.70. The van der Waals surface area contributed by atoms with E-state index in [0.29, 0.717) is 24.8 Å². The standard InChI is InChI=1S/C26H34FNO3/c1-25(2,3)28-22(30)11-10-19-20(14-29)24(31)26(4)13-12-16-15-6-5-7-21(27)17(15)8-9-18(16)23(19)26/h5-7,14,16,18-19,23,29H,8-13H2,1-4H3,(H,28,30)/b20-14-/t16?,18?,19-,23?,26+/m1/s1. The number of nitrogens with one attached hydrogen (secondary N) is 1. The zero-order valence-corrected chi connectivity index (χ0v) is 19.0. The monoisotopic (exact) mass is 427 g/mol. The van der Waals surface area contributed by atoms with E-state index in [4.69, 9.17) is 0 Å². The van der Waals surface area contributed by atoms with Crippen LogP contribution in [0.5, 0.6) is 0 Å². The highest BCUT2D eigenvalue weighted by molar-refractivity contribution is 6.03. The van der Waals surface area contributed by atoms with Gasteiger partial charge < -0.3 is 10.4 Å². The van der Waals surface area contributed by atoms with E-state index >= 15 is 0 Å². The van der Waals surface area contributed by atoms with Crippen LogP contribution < -0.4 is 5.32 Å². The van der Waals surface area contributed by atoms with Crippen LogP contribution in [0.4, 0.5) is 4.39 Å². The van der Waals surface area contributed by atoms with Crippen LogP contribution in [0.2, 0.25) is 0 Å². The average molecular weight is 428 g/mol. The molecule has 5 atom stereocenters. The Balaban J connectivity index is 1.65. The molecule has 168 valence electrons. The van der Waals surface area contributed by atoms with Crippen LogP contribution in [0.1, 0.15) is 76.8 Å². The second-order valence-electron chi connectivity index (χ2n) is 11.0. The molecule has 0 bridgehead atoms. The summed E-state index contributed by atoms with van der Waals surface area (Å²) in [4.78, 5) is 25.9. The van der Waals surface area contributed by atoms with E-state index in [0.717, 1.165) is 36.7 Å². The molecule has 5 heteroatoms. The maximum Gasteiger partial charge on any atom is 0.220 e. The maximum atomic E-state index is 14.4. The molecular formula is C26H34FNO3. The van der Waals surface area contributed by atoms with Gasteiger partial charge in [-0.15, -0.1) is 0 Å². The number of fused-ring (bicyclic) bond motifs is 5. The first-order chi connectivity index (χ1) is 14.6. The molecule has 3 aliphatic rings. The summed E-state index contributed by atoms with van der Waals surface area (Å²) in [6.07, 6.45) is 4.96. The number of Topliss-reactive ketones (excluding diaryl/α,β-unsaturated/α-hetero) is 1. The molecule has 0 radical (unpaired) electrons. The second kappa shape index (κ2) is 7.75. The summed E-state index contributed by atoms with van der Waals surface area (Å²) in [5, 5.41) is 13.0. The van der Waals surface area contributed by atoms with E-state index < -0.39 is 5.41 Å². The van der Waals surface area contributed by atoms with E-state index in [1.165, 1.54) is 6.07 Å². The Morgan fingerprint density at radius 2 is 2.06 bits per heavy atom. The number of benzene rings is 1. The Bertz CT molecular complexity index is 931. The van der Waals surface area contributed by atoms with Gasteiger partial charge in [-0.05, 0) is 93.7 Å². The molecule has 31 heavy (non-hydrogen) atoms. The highest BCUT2D eigenvalue weighted by Gasteiger charge is 2.60. The Morgan fingerprint density at radius 1 is 1.32 bits per heavy atom. The number of halogens is 1. The van der Waals surface area contributed by atoms with Gasteiger partial charge in [-0.2, -0.15) is 0 Å². The summed E-state index contributed by atoms with van der Waals surface area (Å²) in [6, 6.07) is 5.37. The first-order valence-electron chi connectivity index (χ1n) is 11.5. The van der Waals surface area contributed by atoms with Crippen molar-refractivity contribution in [3.8, 4) is 0 Å². The summed E-state index contributed by atoms with van der Waals surface area (Å²) in [6.45, 7) is 7.88. The second-order valence-corrected chi connectivity index (χ2v) is 11.0. The van der Waals surface area contributed by atoms with Crippen molar-refractivity contribution in [1.29, 1.82) is 0 Å². The quantitative estimate of drug-likeness (QED) is 0.513. The van der Waals surface area contributed by atoms with Crippen molar-refractivity contribution in [3.63, 3.8) is 0 Å². The molecule has 0 spiro atoms. The lowest BCUT2D eigenvalue weighted by atomic mass is 9.54. The maximum absolute atomic E-state index is 14.4. The van der Waals surface area contributed by atoms with Gasteiger partial charge in [0.05, 0.1) is 6.26 Å². The fraction of sp³-hybridized carbons (Fsp3) is 0.615. The van der Waals surface area contributed by atoms with E-state index in [1.807, 2.05) is 33.8 Å². The van der Waals surface area contributed by atoms with Crippen LogP contribution in [0, 0.1) is 29.0 Å². The molecule has 0 aliphatic heterocycles. The van der Waals surface area contributed by atoms with Crippen molar-refractivity contribution in [2.45, 2.75) is 77.7 Å². The number of aliphatic hydroxyl groups is 1. The Kier molecular flexibility index (Phi) is 5.51. The molecular weight excluding hydrogens is 393 g/mol. The van der Waals surface area contributed by atoms with E-state index in [2.05, 4.69) is 5.32 Å². The van der Waals surface area contributed by atoms with Crippen molar-refractivity contribution >= 4 is 11.7 Å². The zero-order chi connectivity index (χ0) is 22.6. The highest BCUT2D eigenvalue weighted by Crippen LogP contribution is 2.63. The summed E-state index contributed by atoms with van der Waals surface area (Å²) < 4.78 is 14.4. The molecule has 3 unspecified atom stereocenters. The van der Waals surface area contributed by atoms with Crippen LogP contribution in [0.15, 0.2) is 30.0 Å². The molecule has 1 amide bonds. The molecule has 1 aromatic carbocycles. The van der Waals surface area contributed by atoms with Gasteiger partial charge in [-0.1, -0.05) is 19.1 Å². The molecule has 2 N–H and O–H groups in total. The molecule has 4 rings (SSSR count). The SMILES string of the molecule is CC(C)(C)NC(=O)CC[C@@H]1/C(=C/O)C(=O)[C@@]2(C)CCC3c4cccc(F)c4CCC3C12. The molecule has 0 saturated heterocycles. The number of hydrogen-bond donors (Lipinski definition) is 2. The Hall–Kier alpha value is -2.17. The summed E-state index contributed by atoms with van der Waals surface area (Å²) in [5.41, 5.74) is 1.57. The van der Waals surface area contributed by atoms with Crippen LogP contribution in [0.3, 0.4) is 0 Å². The molecule has 0 aromatic heterocycles. The first kappa shape index (κ1) is 22.0. The molecule has 2 fully saturated rings. The van der Waals surface area contributed by atoms with E-state index in [9.17, 15) is 19.1 Å². The van der Waals surface area contributed by atoms with E-state index in [-0.39, 0.29) is 46.7 Å². The van der Waals surface area contributed by atoms with E-state index in [1.54, 1.807) is 6.07 Å². The number of amides is 1. The lowest BCUT2D eigenvalue weighted by molar-refractivity contribution is -0.127. The normalized spacial score (nSPS) is 33.6. The fourth-order valence-corrected chi connectivity index (χ4v) is 6.78. The van der Waals surface area contributed by atoms with Crippen molar-refractivity contribution in [2.24, 2.45) is 23.2 Å². The van der Waals surface area contributed by atoms with Gasteiger partial charge >= 0.3 is 0 Å². The van der Waals surface area contributed by atoms with Gasteiger partial charge in [0.15, 0.2) is 5.78 Å².